The molecule has 2 atom stereocenters. The number of hydrogen-bond donors (Lipinski definition) is 1. The highest BCUT2D eigenvalue weighted by Crippen LogP contribution is 2.09. The Morgan fingerprint density at radius 1 is 1.57 bits per heavy atom. The van der Waals surface area contributed by atoms with E-state index in [0.29, 0.717) is 6.04 Å². The standard InChI is InChI=1S/C11H24N2S/c1-4-14-8-6-10(2)12-11-5-7-13(3)9-11/h10-12H,4-9H2,1-3H3. The highest BCUT2D eigenvalue weighted by Gasteiger charge is 2.20. The van der Waals surface area contributed by atoms with E-state index in [-0.39, 0.29) is 0 Å². The number of hydrogen-bond acceptors (Lipinski definition) is 3. The van der Waals surface area contributed by atoms with Crippen LogP contribution in [0.4, 0.5) is 0 Å². The van der Waals surface area contributed by atoms with Crippen LogP contribution in [0.2, 0.25) is 0 Å². The second-order valence-electron chi connectivity index (χ2n) is 4.30. The van der Waals surface area contributed by atoms with Gasteiger partial charge >= 0.3 is 0 Å². The number of likely N-dealkylation sites (N-methyl/N-ethyl adjacent to an activating group) is 1. The lowest BCUT2D eigenvalue weighted by Gasteiger charge is -2.19. The van der Waals surface area contributed by atoms with Gasteiger partial charge in [-0.05, 0) is 44.9 Å². The molecule has 84 valence electrons. The molecule has 0 bridgehead atoms. The van der Waals surface area contributed by atoms with Crippen molar-refractivity contribution in [2.75, 3.05) is 31.6 Å². The van der Waals surface area contributed by atoms with Gasteiger partial charge in [-0.1, -0.05) is 6.92 Å². The lowest BCUT2D eigenvalue weighted by molar-refractivity contribution is 0.383. The maximum Gasteiger partial charge on any atom is 0.0209 e. The number of rotatable bonds is 6. The highest BCUT2D eigenvalue weighted by molar-refractivity contribution is 7.99. The zero-order valence-corrected chi connectivity index (χ0v) is 10.6. The predicted octanol–water partition coefficient (Wildman–Crippen LogP) is 1.81. The first-order valence-corrected chi connectivity index (χ1v) is 6.90. The molecule has 1 fully saturated rings. The van der Waals surface area contributed by atoms with Crippen molar-refractivity contribution in [2.45, 2.75) is 38.8 Å². The van der Waals surface area contributed by atoms with Crippen LogP contribution in [-0.2, 0) is 0 Å². The van der Waals surface area contributed by atoms with Crippen molar-refractivity contribution in [3.8, 4) is 0 Å². The summed E-state index contributed by atoms with van der Waals surface area (Å²) in [5.74, 6) is 2.55. The molecule has 1 saturated heterocycles. The van der Waals surface area contributed by atoms with E-state index in [2.05, 4.69) is 31.1 Å². The Morgan fingerprint density at radius 3 is 2.93 bits per heavy atom. The van der Waals surface area contributed by atoms with Crippen molar-refractivity contribution in [1.82, 2.24) is 10.2 Å². The van der Waals surface area contributed by atoms with E-state index in [9.17, 15) is 0 Å². The lowest BCUT2D eigenvalue weighted by Crippen LogP contribution is -2.38. The summed E-state index contributed by atoms with van der Waals surface area (Å²) in [7, 11) is 2.21. The van der Waals surface area contributed by atoms with Crippen LogP contribution < -0.4 is 5.32 Å². The minimum absolute atomic E-state index is 0.686. The Balaban J connectivity index is 2.05. The molecule has 14 heavy (non-hydrogen) atoms. The van der Waals surface area contributed by atoms with Crippen LogP contribution in [0, 0.1) is 0 Å². The largest absolute Gasteiger partial charge is 0.310 e. The minimum Gasteiger partial charge on any atom is -0.310 e. The Kier molecular flexibility index (Phi) is 5.90. The van der Waals surface area contributed by atoms with Crippen LogP contribution in [0.15, 0.2) is 0 Å². The van der Waals surface area contributed by atoms with E-state index in [4.69, 9.17) is 0 Å². The van der Waals surface area contributed by atoms with Crippen LogP contribution in [0.5, 0.6) is 0 Å². The van der Waals surface area contributed by atoms with Crippen molar-refractivity contribution in [2.24, 2.45) is 0 Å². The average Bonchev–Trinajstić information content (AvgIpc) is 2.52. The van der Waals surface area contributed by atoms with Crippen molar-refractivity contribution in [3.05, 3.63) is 0 Å². The van der Waals surface area contributed by atoms with Crippen molar-refractivity contribution >= 4 is 11.8 Å². The highest BCUT2D eigenvalue weighted by atomic mass is 32.2. The van der Waals surface area contributed by atoms with Gasteiger partial charge in [0.05, 0.1) is 0 Å². The lowest BCUT2D eigenvalue weighted by atomic mass is 10.2. The first kappa shape index (κ1) is 12.3. The zero-order chi connectivity index (χ0) is 10.4. The predicted molar refractivity (Wildman–Crippen MR) is 66.1 cm³/mol. The van der Waals surface area contributed by atoms with Gasteiger partial charge in [0.1, 0.15) is 0 Å². The molecule has 1 aliphatic rings. The molecule has 1 N–H and O–H groups in total. The van der Waals surface area contributed by atoms with Crippen molar-refractivity contribution < 1.29 is 0 Å². The summed E-state index contributed by atoms with van der Waals surface area (Å²) in [5.41, 5.74) is 0. The molecular formula is C11H24N2S. The van der Waals surface area contributed by atoms with Crippen molar-refractivity contribution in [1.29, 1.82) is 0 Å². The quantitative estimate of drug-likeness (QED) is 0.682. The molecule has 0 aliphatic carbocycles. The zero-order valence-electron chi connectivity index (χ0n) is 9.75. The molecule has 0 amide bonds. The summed E-state index contributed by atoms with van der Waals surface area (Å²) in [6.07, 6.45) is 2.63. The maximum absolute atomic E-state index is 3.71. The van der Waals surface area contributed by atoms with Crippen molar-refractivity contribution in [3.63, 3.8) is 0 Å². The van der Waals surface area contributed by atoms with E-state index in [1.54, 1.807) is 0 Å². The molecule has 2 unspecified atom stereocenters. The molecule has 0 radical (unpaired) electrons. The Bertz CT molecular complexity index is 152. The smallest absolute Gasteiger partial charge is 0.0209 e. The molecule has 0 spiro atoms. The fourth-order valence-corrected chi connectivity index (χ4v) is 2.77. The second kappa shape index (κ2) is 6.70. The summed E-state index contributed by atoms with van der Waals surface area (Å²) in [5, 5.41) is 3.71. The molecule has 2 nitrogen and oxygen atoms in total. The van der Waals surface area contributed by atoms with Gasteiger partial charge in [0, 0.05) is 18.6 Å². The third-order valence-corrected chi connectivity index (χ3v) is 3.74. The van der Waals surface area contributed by atoms with E-state index in [0.717, 1.165) is 6.04 Å². The third-order valence-electron chi connectivity index (χ3n) is 2.81. The molecule has 0 aromatic carbocycles. The summed E-state index contributed by atoms with van der Waals surface area (Å²) in [6.45, 7) is 7.03. The molecular weight excluding hydrogens is 192 g/mol. The number of likely N-dealkylation sites (tertiary alicyclic amines) is 1. The third kappa shape index (κ3) is 4.67. The van der Waals surface area contributed by atoms with E-state index < -0.39 is 0 Å². The molecule has 1 rings (SSSR count). The molecule has 0 aromatic rings. The summed E-state index contributed by atoms with van der Waals surface area (Å²) in [4.78, 5) is 2.41. The number of nitrogens with zero attached hydrogens (tertiary/aromatic N) is 1. The Labute approximate surface area is 92.8 Å². The first-order valence-electron chi connectivity index (χ1n) is 5.74. The fourth-order valence-electron chi connectivity index (χ4n) is 1.96. The average molecular weight is 216 g/mol. The second-order valence-corrected chi connectivity index (χ2v) is 5.70. The van der Waals surface area contributed by atoms with Crippen LogP contribution in [0.25, 0.3) is 0 Å². The van der Waals surface area contributed by atoms with Crippen LogP contribution in [0.1, 0.15) is 26.7 Å². The summed E-state index contributed by atoms with van der Waals surface area (Å²) < 4.78 is 0. The molecule has 1 aliphatic heterocycles. The van der Waals surface area contributed by atoms with Crippen LogP contribution in [-0.4, -0.2) is 48.6 Å². The van der Waals surface area contributed by atoms with E-state index in [1.165, 1.54) is 37.4 Å². The van der Waals surface area contributed by atoms with Gasteiger partial charge in [0.15, 0.2) is 0 Å². The maximum atomic E-state index is 3.71. The molecule has 0 aromatic heterocycles. The van der Waals surface area contributed by atoms with Gasteiger partial charge in [-0.2, -0.15) is 11.8 Å². The molecule has 3 heteroatoms. The van der Waals surface area contributed by atoms with Gasteiger partial charge in [0.2, 0.25) is 0 Å². The topological polar surface area (TPSA) is 15.3 Å². The summed E-state index contributed by atoms with van der Waals surface area (Å²) in [6, 6.07) is 1.42. The van der Waals surface area contributed by atoms with Gasteiger partial charge in [-0.25, -0.2) is 0 Å². The number of nitrogens with one attached hydrogen (secondary N) is 1. The Morgan fingerprint density at radius 2 is 2.36 bits per heavy atom. The molecule has 0 saturated carbocycles. The summed E-state index contributed by atoms with van der Waals surface area (Å²) >= 11 is 2.04. The minimum atomic E-state index is 0.686. The van der Waals surface area contributed by atoms with E-state index >= 15 is 0 Å². The van der Waals surface area contributed by atoms with Gasteiger partial charge < -0.3 is 10.2 Å². The van der Waals surface area contributed by atoms with Gasteiger partial charge in [-0.3, -0.25) is 0 Å². The fraction of sp³-hybridized carbons (Fsp3) is 1.00. The number of thioether (sulfide) groups is 1. The normalized spacial score (nSPS) is 25.5. The Hall–Kier alpha value is 0.270. The van der Waals surface area contributed by atoms with Gasteiger partial charge in [0.25, 0.3) is 0 Å². The molecule has 1 heterocycles. The van der Waals surface area contributed by atoms with Gasteiger partial charge in [-0.15, -0.1) is 0 Å². The van der Waals surface area contributed by atoms with Crippen LogP contribution in [0.3, 0.4) is 0 Å². The van der Waals surface area contributed by atoms with E-state index in [1.807, 2.05) is 11.8 Å². The van der Waals surface area contributed by atoms with Crippen LogP contribution >= 0.6 is 11.8 Å². The monoisotopic (exact) mass is 216 g/mol. The SMILES string of the molecule is CCSCCC(C)NC1CCN(C)C1. The first-order chi connectivity index (χ1) is 6.72.